The summed E-state index contributed by atoms with van der Waals surface area (Å²) in [4.78, 5) is 13.8. The van der Waals surface area contributed by atoms with Crippen LogP contribution in [0.5, 0.6) is 0 Å². The summed E-state index contributed by atoms with van der Waals surface area (Å²) in [5.41, 5.74) is 0. The van der Waals surface area contributed by atoms with Gasteiger partial charge in [-0.05, 0) is 12.3 Å². The zero-order chi connectivity index (χ0) is 12.8. The summed E-state index contributed by atoms with van der Waals surface area (Å²) in [6, 6.07) is 0. The smallest absolute Gasteiger partial charge is 0.226 e. The molecule has 2 rings (SSSR count). The average molecular weight is 251 g/mol. The molecule has 3 nitrogen and oxygen atoms in total. The van der Waals surface area contributed by atoms with Crippen LogP contribution in [-0.4, -0.2) is 36.6 Å². The summed E-state index contributed by atoms with van der Waals surface area (Å²) in [7, 11) is 0. The topological polar surface area (TPSA) is 29.5 Å². The number of carbonyl (C=O) groups is 1. The van der Waals surface area contributed by atoms with Crippen molar-refractivity contribution >= 4 is 5.91 Å². The highest BCUT2D eigenvalue weighted by Gasteiger charge is 2.26. The standard InChI is InChI=1S/C15H25NO2/c1-2-6-15(17)16-9-10-18-14(12-16)11-13-7-4-3-5-8-13/h2,13-14H,1,3-12H2. The SMILES string of the molecule is C=CCC(=O)N1CCOC(CC2CCCCC2)C1. The van der Waals surface area contributed by atoms with E-state index in [-0.39, 0.29) is 12.0 Å². The van der Waals surface area contributed by atoms with E-state index in [9.17, 15) is 4.79 Å². The number of ether oxygens (including phenoxy) is 1. The molecule has 0 bridgehead atoms. The second-order valence-corrected chi connectivity index (χ2v) is 5.57. The second-order valence-electron chi connectivity index (χ2n) is 5.57. The Hall–Kier alpha value is -0.830. The number of rotatable bonds is 4. The van der Waals surface area contributed by atoms with Gasteiger partial charge in [-0.15, -0.1) is 6.58 Å². The maximum atomic E-state index is 11.8. The minimum Gasteiger partial charge on any atom is -0.375 e. The van der Waals surface area contributed by atoms with E-state index in [4.69, 9.17) is 4.74 Å². The van der Waals surface area contributed by atoms with E-state index >= 15 is 0 Å². The van der Waals surface area contributed by atoms with Crippen LogP contribution in [0.2, 0.25) is 0 Å². The van der Waals surface area contributed by atoms with Gasteiger partial charge in [0.2, 0.25) is 5.91 Å². The molecule has 102 valence electrons. The first kappa shape index (κ1) is 13.6. The van der Waals surface area contributed by atoms with E-state index in [1.165, 1.54) is 32.1 Å². The maximum Gasteiger partial charge on any atom is 0.226 e. The van der Waals surface area contributed by atoms with E-state index in [0.717, 1.165) is 25.4 Å². The molecule has 3 heteroatoms. The third kappa shape index (κ3) is 3.84. The fraction of sp³-hybridized carbons (Fsp3) is 0.800. The van der Waals surface area contributed by atoms with E-state index in [0.29, 0.717) is 13.0 Å². The number of hydrogen-bond donors (Lipinski definition) is 0. The molecule has 0 N–H and O–H groups in total. The predicted molar refractivity (Wildman–Crippen MR) is 72.3 cm³/mol. The first-order valence-electron chi connectivity index (χ1n) is 7.30. The van der Waals surface area contributed by atoms with Crippen LogP contribution in [0.4, 0.5) is 0 Å². The highest BCUT2D eigenvalue weighted by atomic mass is 16.5. The lowest BCUT2D eigenvalue weighted by Crippen LogP contribution is -2.46. The summed E-state index contributed by atoms with van der Waals surface area (Å²) < 4.78 is 5.82. The van der Waals surface area contributed by atoms with Crippen LogP contribution in [0.25, 0.3) is 0 Å². The van der Waals surface area contributed by atoms with Crippen LogP contribution < -0.4 is 0 Å². The maximum absolute atomic E-state index is 11.8. The van der Waals surface area contributed by atoms with Gasteiger partial charge in [0.05, 0.1) is 12.7 Å². The molecule has 1 saturated carbocycles. The third-order valence-electron chi connectivity index (χ3n) is 4.13. The Bertz CT molecular complexity index is 284. The van der Waals surface area contributed by atoms with Crippen molar-refractivity contribution < 1.29 is 9.53 Å². The molecular formula is C15H25NO2. The van der Waals surface area contributed by atoms with E-state index in [1.54, 1.807) is 6.08 Å². The summed E-state index contributed by atoms with van der Waals surface area (Å²) in [5.74, 6) is 1.01. The number of carbonyl (C=O) groups excluding carboxylic acids is 1. The molecule has 0 aromatic rings. The van der Waals surface area contributed by atoms with E-state index in [1.807, 2.05) is 4.90 Å². The van der Waals surface area contributed by atoms with Gasteiger partial charge in [0, 0.05) is 19.5 Å². The molecule has 1 unspecified atom stereocenters. The van der Waals surface area contributed by atoms with Crippen molar-refractivity contribution in [2.75, 3.05) is 19.7 Å². The number of amides is 1. The fourth-order valence-electron chi connectivity index (χ4n) is 3.14. The third-order valence-corrected chi connectivity index (χ3v) is 4.13. The zero-order valence-electron chi connectivity index (χ0n) is 11.3. The Kier molecular flexibility index (Phi) is 5.24. The lowest BCUT2D eigenvalue weighted by Gasteiger charge is -2.35. The van der Waals surface area contributed by atoms with Crippen molar-refractivity contribution in [3.05, 3.63) is 12.7 Å². The molecule has 1 heterocycles. The van der Waals surface area contributed by atoms with E-state index in [2.05, 4.69) is 6.58 Å². The van der Waals surface area contributed by atoms with Crippen LogP contribution in [0.3, 0.4) is 0 Å². The van der Waals surface area contributed by atoms with Crippen molar-refractivity contribution in [2.24, 2.45) is 5.92 Å². The first-order valence-corrected chi connectivity index (χ1v) is 7.30. The lowest BCUT2D eigenvalue weighted by atomic mass is 9.85. The Labute approximate surface area is 110 Å². The summed E-state index contributed by atoms with van der Waals surface area (Å²) in [6.45, 7) is 5.85. The van der Waals surface area contributed by atoms with Gasteiger partial charge >= 0.3 is 0 Å². The van der Waals surface area contributed by atoms with Gasteiger partial charge in [-0.3, -0.25) is 4.79 Å². The Morgan fingerprint density at radius 3 is 2.83 bits per heavy atom. The minimum absolute atomic E-state index is 0.196. The summed E-state index contributed by atoms with van der Waals surface area (Å²) in [6.07, 6.45) is 10.4. The molecule has 0 spiro atoms. The largest absolute Gasteiger partial charge is 0.375 e. The molecule has 18 heavy (non-hydrogen) atoms. The number of morpholine rings is 1. The molecule has 0 aromatic carbocycles. The molecule has 2 fully saturated rings. The van der Waals surface area contributed by atoms with Crippen LogP contribution in [0.15, 0.2) is 12.7 Å². The van der Waals surface area contributed by atoms with Crippen molar-refractivity contribution in [2.45, 2.75) is 51.0 Å². The highest BCUT2D eigenvalue weighted by molar-refractivity contribution is 5.77. The molecule has 1 amide bonds. The van der Waals surface area contributed by atoms with Crippen LogP contribution in [0.1, 0.15) is 44.9 Å². The monoisotopic (exact) mass is 251 g/mol. The predicted octanol–water partition coefficient (Wildman–Crippen LogP) is 2.76. The van der Waals surface area contributed by atoms with Crippen molar-refractivity contribution in [1.29, 1.82) is 0 Å². The molecule has 0 aromatic heterocycles. The molecule has 2 aliphatic rings. The van der Waals surface area contributed by atoms with Gasteiger partial charge in [0.1, 0.15) is 0 Å². The molecule has 1 aliphatic carbocycles. The molecule has 1 saturated heterocycles. The van der Waals surface area contributed by atoms with Gasteiger partial charge in [-0.2, -0.15) is 0 Å². The lowest BCUT2D eigenvalue weighted by molar-refractivity contribution is -0.138. The highest BCUT2D eigenvalue weighted by Crippen LogP contribution is 2.28. The van der Waals surface area contributed by atoms with Crippen LogP contribution in [0, 0.1) is 5.92 Å². The van der Waals surface area contributed by atoms with Crippen LogP contribution >= 0.6 is 0 Å². The summed E-state index contributed by atoms with van der Waals surface area (Å²) in [5, 5.41) is 0. The van der Waals surface area contributed by atoms with Gasteiger partial charge < -0.3 is 9.64 Å². The number of nitrogens with zero attached hydrogens (tertiary/aromatic N) is 1. The second kappa shape index (κ2) is 6.93. The first-order chi connectivity index (χ1) is 8.79. The zero-order valence-corrected chi connectivity index (χ0v) is 11.3. The van der Waals surface area contributed by atoms with Gasteiger partial charge in [-0.1, -0.05) is 38.2 Å². The van der Waals surface area contributed by atoms with Gasteiger partial charge in [-0.25, -0.2) is 0 Å². The van der Waals surface area contributed by atoms with Gasteiger partial charge in [0.25, 0.3) is 0 Å². The quantitative estimate of drug-likeness (QED) is 0.719. The molecule has 0 radical (unpaired) electrons. The molecule has 1 atom stereocenters. The van der Waals surface area contributed by atoms with Gasteiger partial charge in [0.15, 0.2) is 0 Å². The molecule has 1 aliphatic heterocycles. The average Bonchev–Trinajstić information content (AvgIpc) is 2.40. The Balaban J connectivity index is 1.78. The normalized spacial score (nSPS) is 26.0. The van der Waals surface area contributed by atoms with Crippen molar-refractivity contribution in [3.8, 4) is 0 Å². The van der Waals surface area contributed by atoms with Crippen molar-refractivity contribution in [3.63, 3.8) is 0 Å². The Morgan fingerprint density at radius 1 is 1.33 bits per heavy atom. The summed E-state index contributed by atoms with van der Waals surface area (Å²) >= 11 is 0. The number of hydrogen-bond acceptors (Lipinski definition) is 2. The minimum atomic E-state index is 0.196. The molecular weight excluding hydrogens is 226 g/mol. The van der Waals surface area contributed by atoms with Crippen molar-refractivity contribution in [1.82, 2.24) is 4.90 Å². The van der Waals surface area contributed by atoms with E-state index < -0.39 is 0 Å². The fourth-order valence-corrected chi connectivity index (χ4v) is 3.14. The van der Waals surface area contributed by atoms with Crippen LogP contribution in [-0.2, 0) is 9.53 Å². The Morgan fingerprint density at radius 2 is 2.11 bits per heavy atom.